The van der Waals surface area contributed by atoms with E-state index in [1.807, 2.05) is 13.8 Å². The van der Waals surface area contributed by atoms with Crippen LogP contribution in [0, 0.1) is 6.92 Å². The van der Waals surface area contributed by atoms with Crippen LogP contribution in [-0.4, -0.2) is 35.3 Å². The van der Waals surface area contributed by atoms with Crippen LogP contribution in [0.3, 0.4) is 0 Å². The number of aromatic amines is 1. The molecule has 124 valence electrons. The molecule has 1 aliphatic heterocycles. The zero-order chi connectivity index (χ0) is 15.6. The first-order chi connectivity index (χ1) is 9.93. The summed E-state index contributed by atoms with van der Waals surface area (Å²) >= 11 is 0. The highest BCUT2D eigenvalue weighted by Gasteiger charge is 2.25. The van der Waals surface area contributed by atoms with E-state index in [4.69, 9.17) is 0 Å². The van der Waals surface area contributed by atoms with Gasteiger partial charge in [-0.05, 0) is 52.1 Å². The van der Waals surface area contributed by atoms with Gasteiger partial charge in [0.15, 0.2) is 5.78 Å². The summed E-state index contributed by atoms with van der Waals surface area (Å²) in [6.45, 7) is 8.42. The number of ketones is 1. The Labute approximate surface area is 138 Å². The molecule has 1 aliphatic rings. The van der Waals surface area contributed by atoms with Gasteiger partial charge in [-0.15, -0.1) is 12.4 Å². The van der Waals surface area contributed by atoms with Gasteiger partial charge in [-0.2, -0.15) is 0 Å². The Kier molecular flexibility index (Phi) is 6.63. The molecule has 0 bridgehead atoms. The maximum atomic E-state index is 12.5. The summed E-state index contributed by atoms with van der Waals surface area (Å²) in [5.74, 6) is -0.0864. The lowest BCUT2D eigenvalue weighted by atomic mass is 9.99. The van der Waals surface area contributed by atoms with E-state index in [9.17, 15) is 9.59 Å². The highest BCUT2D eigenvalue weighted by Crippen LogP contribution is 2.21. The van der Waals surface area contributed by atoms with Gasteiger partial charge in [0.25, 0.3) is 5.91 Å². The minimum atomic E-state index is -0.0958. The summed E-state index contributed by atoms with van der Waals surface area (Å²) in [6, 6.07) is 0.621. The zero-order valence-corrected chi connectivity index (χ0v) is 14.5. The van der Waals surface area contributed by atoms with E-state index in [-0.39, 0.29) is 30.1 Å². The fourth-order valence-corrected chi connectivity index (χ4v) is 3.22. The largest absolute Gasteiger partial charge is 0.354 e. The maximum absolute atomic E-state index is 12.5. The number of rotatable bonds is 4. The van der Waals surface area contributed by atoms with Crippen LogP contribution in [0.25, 0.3) is 0 Å². The molecule has 6 heteroatoms. The minimum absolute atomic E-state index is 0. The van der Waals surface area contributed by atoms with E-state index in [0.29, 0.717) is 23.7 Å². The summed E-state index contributed by atoms with van der Waals surface area (Å²) in [4.78, 5) is 27.4. The van der Waals surface area contributed by atoms with Gasteiger partial charge in [0.1, 0.15) is 5.69 Å². The Morgan fingerprint density at radius 3 is 2.59 bits per heavy atom. The molecule has 2 unspecified atom stereocenters. The molecule has 22 heavy (non-hydrogen) atoms. The smallest absolute Gasteiger partial charge is 0.268 e. The SMILES string of the molecule is CCc1c(C(=O)NC2CCNC(C)C2)[nH]c(C)c1C(C)=O.Cl. The van der Waals surface area contributed by atoms with Crippen LogP contribution < -0.4 is 10.6 Å². The highest BCUT2D eigenvalue weighted by molar-refractivity contribution is 6.02. The summed E-state index contributed by atoms with van der Waals surface area (Å²) in [7, 11) is 0. The average molecular weight is 328 g/mol. The van der Waals surface area contributed by atoms with Gasteiger partial charge in [-0.25, -0.2) is 0 Å². The van der Waals surface area contributed by atoms with Crippen molar-refractivity contribution in [1.29, 1.82) is 0 Å². The summed E-state index contributed by atoms with van der Waals surface area (Å²) in [6.07, 6.45) is 2.55. The number of halogens is 1. The fourth-order valence-electron chi connectivity index (χ4n) is 3.22. The Balaban J connectivity index is 0.00000242. The standard InChI is InChI=1S/C16H25N3O2.ClH/c1-5-13-14(11(4)20)10(3)18-15(13)16(21)19-12-6-7-17-9(2)8-12;/h9,12,17-18H,5-8H2,1-4H3,(H,19,21);1H. The molecule has 0 radical (unpaired) electrons. The van der Waals surface area contributed by atoms with Crippen LogP contribution in [0.5, 0.6) is 0 Å². The molecule has 0 aromatic carbocycles. The van der Waals surface area contributed by atoms with E-state index in [1.165, 1.54) is 0 Å². The van der Waals surface area contributed by atoms with Crippen LogP contribution in [-0.2, 0) is 6.42 Å². The van der Waals surface area contributed by atoms with E-state index >= 15 is 0 Å². The molecule has 1 fully saturated rings. The number of aryl methyl sites for hydroxylation is 1. The number of amides is 1. The number of hydrogen-bond acceptors (Lipinski definition) is 3. The topological polar surface area (TPSA) is 74.0 Å². The molecule has 1 aromatic heterocycles. The number of H-pyrrole nitrogens is 1. The molecular weight excluding hydrogens is 302 g/mol. The third-order valence-corrected chi connectivity index (χ3v) is 4.18. The first kappa shape index (κ1) is 18.7. The summed E-state index contributed by atoms with van der Waals surface area (Å²) in [5, 5.41) is 6.47. The molecule has 2 atom stereocenters. The van der Waals surface area contributed by atoms with Gasteiger partial charge < -0.3 is 15.6 Å². The van der Waals surface area contributed by atoms with Gasteiger partial charge in [0.05, 0.1) is 0 Å². The van der Waals surface area contributed by atoms with Crippen LogP contribution in [0.1, 0.15) is 65.7 Å². The second kappa shape index (κ2) is 7.79. The minimum Gasteiger partial charge on any atom is -0.354 e. The summed E-state index contributed by atoms with van der Waals surface area (Å²) in [5.41, 5.74) is 2.83. The molecule has 5 nitrogen and oxygen atoms in total. The van der Waals surface area contributed by atoms with Crippen LogP contribution in [0.2, 0.25) is 0 Å². The first-order valence-corrected chi connectivity index (χ1v) is 7.70. The molecule has 3 N–H and O–H groups in total. The lowest BCUT2D eigenvalue weighted by Crippen LogP contribution is -2.46. The van der Waals surface area contributed by atoms with Crippen molar-refractivity contribution >= 4 is 24.1 Å². The number of carbonyl (C=O) groups excluding carboxylic acids is 2. The van der Waals surface area contributed by atoms with E-state index in [1.54, 1.807) is 6.92 Å². The Hall–Kier alpha value is -1.33. The van der Waals surface area contributed by atoms with Crippen molar-refractivity contribution in [3.05, 3.63) is 22.5 Å². The van der Waals surface area contributed by atoms with Crippen molar-refractivity contribution in [3.63, 3.8) is 0 Å². The monoisotopic (exact) mass is 327 g/mol. The van der Waals surface area contributed by atoms with Gasteiger partial charge in [-0.1, -0.05) is 6.92 Å². The van der Waals surface area contributed by atoms with Crippen LogP contribution in [0.4, 0.5) is 0 Å². The number of aromatic nitrogens is 1. The van der Waals surface area contributed by atoms with Crippen molar-refractivity contribution in [1.82, 2.24) is 15.6 Å². The second-order valence-corrected chi connectivity index (χ2v) is 5.94. The first-order valence-electron chi connectivity index (χ1n) is 7.70. The van der Waals surface area contributed by atoms with Gasteiger partial charge in [0, 0.05) is 23.3 Å². The Morgan fingerprint density at radius 1 is 1.36 bits per heavy atom. The molecule has 0 spiro atoms. The van der Waals surface area contributed by atoms with Crippen LogP contribution in [0.15, 0.2) is 0 Å². The van der Waals surface area contributed by atoms with E-state index in [2.05, 4.69) is 22.5 Å². The van der Waals surface area contributed by atoms with Crippen molar-refractivity contribution in [2.75, 3.05) is 6.54 Å². The Morgan fingerprint density at radius 2 is 2.05 bits per heavy atom. The van der Waals surface area contributed by atoms with Gasteiger partial charge in [-0.3, -0.25) is 9.59 Å². The lowest BCUT2D eigenvalue weighted by molar-refractivity contribution is 0.0920. The molecule has 2 heterocycles. The molecular formula is C16H26ClN3O2. The molecule has 1 saturated heterocycles. The van der Waals surface area contributed by atoms with Crippen molar-refractivity contribution in [3.8, 4) is 0 Å². The second-order valence-electron chi connectivity index (χ2n) is 5.94. The molecule has 1 amide bonds. The third kappa shape index (κ3) is 3.90. The molecule has 2 rings (SSSR count). The van der Waals surface area contributed by atoms with Gasteiger partial charge in [0.2, 0.25) is 0 Å². The fraction of sp³-hybridized carbons (Fsp3) is 0.625. The van der Waals surface area contributed by atoms with E-state index < -0.39 is 0 Å². The quantitative estimate of drug-likeness (QED) is 0.743. The molecule has 0 aliphatic carbocycles. The third-order valence-electron chi connectivity index (χ3n) is 4.18. The number of carbonyl (C=O) groups is 2. The van der Waals surface area contributed by atoms with Crippen molar-refractivity contribution < 1.29 is 9.59 Å². The molecule has 0 saturated carbocycles. The summed E-state index contributed by atoms with van der Waals surface area (Å²) < 4.78 is 0. The van der Waals surface area contributed by atoms with Crippen LogP contribution >= 0.6 is 12.4 Å². The number of piperidine rings is 1. The number of hydrogen-bond donors (Lipinski definition) is 3. The normalized spacial score (nSPS) is 21.1. The Bertz CT molecular complexity index is 554. The van der Waals surface area contributed by atoms with Crippen molar-refractivity contribution in [2.45, 2.75) is 59.0 Å². The van der Waals surface area contributed by atoms with Crippen molar-refractivity contribution in [2.24, 2.45) is 0 Å². The number of nitrogens with one attached hydrogen (secondary N) is 3. The lowest BCUT2D eigenvalue weighted by Gasteiger charge is -2.28. The average Bonchev–Trinajstić information content (AvgIpc) is 2.75. The maximum Gasteiger partial charge on any atom is 0.268 e. The number of Topliss-reactive ketones (excluding diaryl/α,β-unsaturated/α-hetero) is 1. The highest BCUT2D eigenvalue weighted by atomic mass is 35.5. The molecule has 1 aromatic rings. The predicted octanol–water partition coefficient (Wildman–Crippen LogP) is 2.38. The van der Waals surface area contributed by atoms with E-state index in [0.717, 1.165) is 30.6 Å². The zero-order valence-electron chi connectivity index (χ0n) is 13.7. The predicted molar refractivity (Wildman–Crippen MR) is 90.1 cm³/mol. The van der Waals surface area contributed by atoms with Gasteiger partial charge >= 0.3 is 0 Å².